The molecule has 0 aliphatic carbocycles. The number of hydrogen-bond acceptors (Lipinski definition) is 8. The maximum absolute atomic E-state index is 13.0. The van der Waals surface area contributed by atoms with Crippen molar-refractivity contribution < 1.29 is 32.4 Å². The van der Waals surface area contributed by atoms with E-state index in [0.29, 0.717) is 12.8 Å². The number of rotatable bonds is 8. The Morgan fingerprint density at radius 2 is 1.91 bits per heavy atom. The van der Waals surface area contributed by atoms with Crippen LogP contribution >= 0.6 is 0 Å². The van der Waals surface area contributed by atoms with Gasteiger partial charge in [0, 0.05) is 6.54 Å². The lowest BCUT2D eigenvalue weighted by atomic mass is 10.1. The zero-order valence-electron chi connectivity index (χ0n) is 17.8. The highest BCUT2D eigenvalue weighted by Gasteiger charge is 2.38. The van der Waals surface area contributed by atoms with Crippen LogP contribution in [0, 0.1) is 10.1 Å². The van der Waals surface area contributed by atoms with Gasteiger partial charge in [0.15, 0.2) is 6.61 Å². The molecule has 0 radical (unpaired) electrons. The smallest absolute Gasteiger partial charge is 0.324 e. The number of amides is 1. The van der Waals surface area contributed by atoms with Gasteiger partial charge in [0.05, 0.1) is 23.0 Å². The van der Waals surface area contributed by atoms with Crippen LogP contribution in [0.15, 0.2) is 53.4 Å². The Balaban J connectivity index is 1.67. The highest BCUT2D eigenvalue weighted by atomic mass is 32.2. The van der Waals surface area contributed by atoms with E-state index < -0.39 is 39.5 Å². The van der Waals surface area contributed by atoms with E-state index >= 15 is 0 Å². The summed E-state index contributed by atoms with van der Waals surface area (Å²) in [6.45, 7) is -0.570. The molecule has 1 fully saturated rings. The molecule has 1 N–H and O–H groups in total. The van der Waals surface area contributed by atoms with Gasteiger partial charge in [-0.3, -0.25) is 19.7 Å². The molecule has 0 bridgehead atoms. The molecule has 176 valence electrons. The average Bonchev–Trinajstić information content (AvgIpc) is 2.83. The van der Waals surface area contributed by atoms with Crippen LogP contribution in [0.4, 0.5) is 11.4 Å². The highest BCUT2D eigenvalue weighted by Crippen LogP contribution is 2.29. The van der Waals surface area contributed by atoms with E-state index in [1.807, 2.05) is 0 Å². The molecule has 1 saturated heterocycles. The second kappa shape index (κ2) is 10.4. The summed E-state index contributed by atoms with van der Waals surface area (Å²) < 4.78 is 37.1. The Morgan fingerprint density at radius 1 is 1.18 bits per heavy atom. The van der Waals surface area contributed by atoms with E-state index in [9.17, 15) is 28.1 Å². The largest absolute Gasteiger partial charge is 0.496 e. The van der Waals surface area contributed by atoms with Crippen LogP contribution in [-0.4, -0.2) is 55.8 Å². The molecular weight excluding hydrogens is 454 g/mol. The number of nitrogens with zero attached hydrogens (tertiary/aromatic N) is 2. The van der Waals surface area contributed by atoms with E-state index in [4.69, 9.17) is 9.47 Å². The molecule has 1 amide bonds. The Bertz CT molecular complexity index is 1140. The van der Waals surface area contributed by atoms with Gasteiger partial charge in [0.2, 0.25) is 10.0 Å². The topological polar surface area (TPSA) is 145 Å². The maximum Gasteiger partial charge on any atom is 0.324 e. The SMILES string of the molecule is COc1ccc(NC(=O)COC(=O)C2CCCCN2S(=O)(=O)c2ccccc2)c([N+](=O)[O-])c1. The monoisotopic (exact) mass is 477 g/mol. The fraction of sp³-hybridized carbons (Fsp3) is 0.333. The van der Waals surface area contributed by atoms with Crippen molar-refractivity contribution in [1.29, 1.82) is 0 Å². The molecule has 12 heteroatoms. The molecule has 11 nitrogen and oxygen atoms in total. The number of nitro groups is 1. The molecule has 1 aliphatic rings. The third-order valence-electron chi connectivity index (χ3n) is 5.10. The van der Waals surface area contributed by atoms with Crippen molar-refractivity contribution in [2.75, 3.05) is 25.6 Å². The number of sulfonamides is 1. The first kappa shape index (κ1) is 24.1. The van der Waals surface area contributed by atoms with Crippen molar-refractivity contribution in [3.05, 3.63) is 58.6 Å². The number of ether oxygens (including phenoxy) is 2. The lowest BCUT2D eigenvalue weighted by Crippen LogP contribution is -2.48. The molecule has 2 aromatic rings. The van der Waals surface area contributed by atoms with Crippen molar-refractivity contribution in [3.8, 4) is 5.75 Å². The van der Waals surface area contributed by atoms with Crippen molar-refractivity contribution in [3.63, 3.8) is 0 Å². The fourth-order valence-electron chi connectivity index (χ4n) is 3.47. The third-order valence-corrected chi connectivity index (χ3v) is 7.02. The van der Waals surface area contributed by atoms with Crippen molar-refractivity contribution in [2.45, 2.75) is 30.2 Å². The molecule has 1 atom stereocenters. The van der Waals surface area contributed by atoms with Crippen molar-refractivity contribution >= 4 is 33.3 Å². The fourth-order valence-corrected chi connectivity index (χ4v) is 5.14. The first-order valence-electron chi connectivity index (χ1n) is 10.1. The Kier molecular flexibility index (Phi) is 7.61. The predicted molar refractivity (Wildman–Crippen MR) is 117 cm³/mol. The van der Waals surface area contributed by atoms with E-state index in [1.165, 1.54) is 31.4 Å². The second-order valence-electron chi connectivity index (χ2n) is 7.24. The number of nitrogens with one attached hydrogen (secondary N) is 1. The zero-order chi connectivity index (χ0) is 24.0. The maximum atomic E-state index is 13.0. The molecule has 1 aliphatic heterocycles. The van der Waals surface area contributed by atoms with Crippen LogP contribution in [0.3, 0.4) is 0 Å². The van der Waals surface area contributed by atoms with E-state index in [0.717, 1.165) is 10.4 Å². The molecule has 0 aromatic heterocycles. The van der Waals surface area contributed by atoms with Gasteiger partial charge in [-0.25, -0.2) is 8.42 Å². The number of anilines is 1. The number of benzene rings is 2. The summed E-state index contributed by atoms with van der Waals surface area (Å²) in [5.41, 5.74) is -0.478. The summed E-state index contributed by atoms with van der Waals surface area (Å²) in [5.74, 6) is -1.42. The summed E-state index contributed by atoms with van der Waals surface area (Å²) >= 11 is 0. The molecule has 2 aromatic carbocycles. The van der Waals surface area contributed by atoms with Gasteiger partial charge < -0.3 is 14.8 Å². The quantitative estimate of drug-likeness (QED) is 0.346. The van der Waals surface area contributed by atoms with Gasteiger partial charge >= 0.3 is 5.97 Å². The van der Waals surface area contributed by atoms with Crippen LogP contribution < -0.4 is 10.1 Å². The number of carbonyl (C=O) groups is 2. The van der Waals surface area contributed by atoms with Gasteiger partial charge in [-0.15, -0.1) is 0 Å². The molecule has 0 saturated carbocycles. The van der Waals surface area contributed by atoms with Crippen molar-refractivity contribution in [2.24, 2.45) is 0 Å². The number of piperidine rings is 1. The lowest BCUT2D eigenvalue weighted by Gasteiger charge is -2.32. The van der Waals surface area contributed by atoms with Crippen LogP contribution in [-0.2, 0) is 24.3 Å². The van der Waals surface area contributed by atoms with Gasteiger partial charge in [0.25, 0.3) is 11.6 Å². The summed E-state index contributed by atoms with van der Waals surface area (Å²) in [5, 5.41) is 13.6. The third kappa shape index (κ3) is 5.65. The van der Waals surface area contributed by atoms with E-state index in [1.54, 1.807) is 18.2 Å². The normalized spacial score (nSPS) is 16.6. The highest BCUT2D eigenvalue weighted by molar-refractivity contribution is 7.89. The minimum absolute atomic E-state index is 0.0641. The van der Waals surface area contributed by atoms with Gasteiger partial charge in [-0.2, -0.15) is 4.31 Å². The summed E-state index contributed by atoms with van der Waals surface area (Å²) in [6, 6.07) is 10.6. The summed E-state index contributed by atoms with van der Waals surface area (Å²) in [4.78, 5) is 35.5. The van der Waals surface area contributed by atoms with E-state index in [2.05, 4.69) is 5.32 Å². The first-order chi connectivity index (χ1) is 15.7. The number of esters is 1. The van der Waals surface area contributed by atoms with Crippen LogP contribution in [0.2, 0.25) is 0 Å². The Labute approximate surface area is 190 Å². The van der Waals surface area contributed by atoms with Crippen LogP contribution in [0.25, 0.3) is 0 Å². The van der Waals surface area contributed by atoms with Crippen LogP contribution in [0.5, 0.6) is 5.75 Å². The molecule has 1 heterocycles. The van der Waals surface area contributed by atoms with Crippen molar-refractivity contribution in [1.82, 2.24) is 4.31 Å². The van der Waals surface area contributed by atoms with Gasteiger partial charge in [-0.05, 0) is 43.5 Å². The Hall–Kier alpha value is -3.51. The van der Waals surface area contributed by atoms with E-state index in [-0.39, 0.29) is 35.0 Å². The standard InChI is InChI=1S/C21H23N3O8S/c1-31-15-10-11-17(19(13-15)24(27)28)22-20(25)14-32-21(26)18-9-5-6-12-23(18)33(29,30)16-7-3-2-4-8-16/h2-4,7-8,10-11,13,18H,5-6,9,12,14H2,1H3,(H,22,25). The number of hydrogen-bond donors (Lipinski definition) is 1. The minimum Gasteiger partial charge on any atom is -0.496 e. The molecular formula is C21H23N3O8S. The molecule has 3 rings (SSSR count). The molecule has 33 heavy (non-hydrogen) atoms. The average molecular weight is 477 g/mol. The van der Waals surface area contributed by atoms with Gasteiger partial charge in [0.1, 0.15) is 17.5 Å². The summed E-state index contributed by atoms with van der Waals surface area (Å²) in [7, 11) is -2.57. The lowest BCUT2D eigenvalue weighted by molar-refractivity contribution is -0.384. The zero-order valence-corrected chi connectivity index (χ0v) is 18.6. The second-order valence-corrected chi connectivity index (χ2v) is 9.13. The molecule has 1 unspecified atom stereocenters. The number of nitro benzene ring substituents is 1. The first-order valence-corrected chi connectivity index (χ1v) is 11.5. The Morgan fingerprint density at radius 3 is 2.58 bits per heavy atom. The number of carbonyl (C=O) groups excluding carboxylic acids is 2. The van der Waals surface area contributed by atoms with Crippen LogP contribution in [0.1, 0.15) is 19.3 Å². The number of methoxy groups -OCH3 is 1. The predicted octanol–water partition coefficient (Wildman–Crippen LogP) is 2.33. The van der Waals surface area contributed by atoms with Gasteiger partial charge in [-0.1, -0.05) is 18.2 Å². The summed E-state index contributed by atoms with van der Waals surface area (Å²) in [6.07, 6.45) is 1.48. The minimum atomic E-state index is -3.92. The molecule has 0 spiro atoms.